The minimum Gasteiger partial charge on any atom is -0.397 e. The van der Waals surface area contributed by atoms with Crippen LogP contribution in [0.5, 0.6) is 0 Å². The van der Waals surface area contributed by atoms with Crippen LogP contribution in [0.2, 0.25) is 0 Å². The smallest absolute Gasteiger partial charge is 0.270 e. The van der Waals surface area contributed by atoms with Crippen molar-refractivity contribution in [2.75, 3.05) is 38.5 Å². The van der Waals surface area contributed by atoms with E-state index in [1.807, 2.05) is 4.90 Å². The van der Waals surface area contributed by atoms with Crippen LogP contribution < -0.4 is 11.5 Å². The number of nitrogens with one attached hydrogen (secondary N) is 1. The molecule has 0 bridgehead atoms. The van der Waals surface area contributed by atoms with Crippen molar-refractivity contribution in [1.82, 2.24) is 14.8 Å². The zero-order valence-corrected chi connectivity index (χ0v) is 10.8. The summed E-state index contributed by atoms with van der Waals surface area (Å²) in [5.41, 5.74) is 11.8. The van der Waals surface area contributed by atoms with E-state index in [0.717, 1.165) is 13.0 Å². The molecular weight excluding hydrogens is 246 g/mol. The predicted molar refractivity (Wildman–Crippen MR) is 71.4 cm³/mol. The second-order valence-corrected chi connectivity index (χ2v) is 4.73. The molecule has 0 atom stereocenters. The number of anilines is 1. The molecule has 1 saturated heterocycles. The summed E-state index contributed by atoms with van der Waals surface area (Å²) >= 11 is 0. The van der Waals surface area contributed by atoms with Crippen molar-refractivity contribution < 1.29 is 9.59 Å². The molecule has 1 aromatic rings. The minimum absolute atomic E-state index is 0.0578. The summed E-state index contributed by atoms with van der Waals surface area (Å²) in [6.45, 7) is 2.94. The lowest BCUT2D eigenvalue weighted by Crippen LogP contribution is -2.38. The summed E-state index contributed by atoms with van der Waals surface area (Å²) in [5, 5.41) is 0. The van der Waals surface area contributed by atoms with Gasteiger partial charge in [-0.15, -0.1) is 0 Å². The largest absolute Gasteiger partial charge is 0.397 e. The van der Waals surface area contributed by atoms with E-state index in [1.54, 1.807) is 17.2 Å². The molecule has 0 radical (unpaired) electrons. The zero-order chi connectivity index (χ0) is 13.8. The predicted octanol–water partition coefficient (Wildman–Crippen LogP) is -0.770. The second-order valence-electron chi connectivity index (χ2n) is 4.73. The van der Waals surface area contributed by atoms with E-state index >= 15 is 0 Å². The number of aromatic nitrogens is 1. The highest BCUT2D eigenvalue weighted by Gasteiger charge is 2.21. The van der Waals surface area contributed by atoms with Crippen molar-refractivity contribution in [2.45, 2.75) is 6.42 Å². The number of nitrogen functional groups attached to an aromatic ring is 1. The Morgan fingerprint density at radius 3 is 2.68 bits per heavy atom. The summed E-state index contributed by atoms with van der Waals surface area (Å²) in [6, 6.07) is 1.63. The van der Waals surface area contributed by atoms with Crippen LogP contribution in [0.15, 0.2) is 12.3 Å². The second kappa shape index (κ2) is 5.75. The number of primary amides is 1. The molecule has 0 aliphatic carbocycles. The van der Waals surface area contributed by atoms with Gasteiger partial charge in [0, 0.05) is 38.1 Å². The molecule has 104 valence electrons. The first-order valence-electron chi connectivity index (χ1n) is 6.30. The third-order valence-corrected chi connectivity index (χ3v) is 3.19. The molecule has 2 amide bonds. The van der Waals surface area contributed by atoms with Gasteiger partial charge >= 0.3 is 0 Å². The number of rotatable bonds is 3. The van der Waals surface area contributed by atoms with Gasteiger partial charge in [-0.2, -0.15) is 0 Å². The minimum atomic E-state index is -0.336. The van der Waals surface area contributed by atoms with Crippen LogP contribution in [0, 0.1) is 0 Å². The Balaban J connectivity index is 1.95. The van der Waals surface area contributed by atoms with Gasteiger partial charge in [-0.25, -0.2) is 0 Å². The highest BCUT2D eigenvalue weighted by Crippen LogP contribution is 2.10. The van der Waals surface area contributed by atoms with Crippen molar-refractivity contribution in [3.05, 3.63) is 18.0 Å². The number of nitrogens with two attached hydrogens (primary N) is 2. The molecule has 2 rings (SSSR count). The lowest BCUT2D eigenvalue weighted by atomic mass is 10.3. The van der Waals surface area contributed by atoms with Crippen LogP contribution in [0.1, 0.15) is 16.9 Å². The Bertz CT molecular complexity index is 470. The molecule has 0 unspecified atom stereocenters. The van der Waals surface area contributed by atoms with Gasteiger partial charge in [0.05, 0.1) is 6.54 Å². The summed E-state index contributed by atoms with van der Waals surface area (Å²) in [6.07, 6.45) is 2.43. The SMILES string of the molecule is NC(=O)CN1CCCN(C(=O)c2cc(N)c[nH]2)CC1. The van der Waals surface area contributed by atoms with E-state index in [4.69, 9.17) is 11.5 Å². The first-order chi connectivity index (χ1) is 9.06. The highest BCUT2D eigenvalue weighted by atomic mass is 16.2. The Morgan fingerprint density at radius 2 is 2.05 bits per heavy atom. The topological polar surface area (TPSA) is 108 Å². The summed E-state index contributed by atoms with van der Waals surface area (Å²) in [7, 11) is 0. The Morgan fingerprint density at radius 1 is 1.26 bits per heavy atom. The normalized spacial score (nSPS) is 17.2. The fourth-order valence-corrected chi connectivity index (χ4v) is 2.26. The van der Waals surface area contributed by atoms with Crippen LogP contribution in [-0.2, 0) is 4.79 Å². The van der Waals surface area contributed by atoms with Gasteiger partial charge in [0.1, 0.15) is 5.69 Å². The molecule has 0 spiro atoms. The molecule has 1 aromatic heterocycles. The molecular formula is C12H19N5O2. The lowest BCUT2D eigenvalue weighted by Gasteiger charge is -2.20. The van der Waals surface area contributed by atoms with Crippen molar-refractivity contribution in [1.29, 1.82) is 0 Å². The summed E-state index contributed by atoms with van der Waals surface area (Å²) in [4.78, 5) is 29.7. The highest BCUT2D eigenvalue weighted by molar-refractivity contribution is 5.93. The number of hydrogen-bond donors (Lipinski definition) is 3. The maximum Gasteiger partial charge on any atom is 0.270 e. The van der Waals surface area contributed by atoms with E-state index < -0.39 is 0 Å². The Hall–Kier alpha value is -2.02. The molecule has 0 saturated carbocycles. The molecule has 5 N–H and O–H groups in total. The van der Waals surface area contributed by atoms with Crippen molar-refractivity contribution in [3.63, 3.8) is 0 Å². The summed E-state index contributed by atoms with van der Waals surface area (Å²) < 4.78 is 0. The first-order valence-corrected chi connectivity index (χ1v) is 6.30. The molecule has 1 aliphatic heterocycles. The monoisotopic (exact) mass is 265 g/mol. The van der Waals surface area contributed by atoms with Gasteiger partial charge < -0.3 is 21.4 Å². The first kappa shape index (κ1) is 13.4. The van der Waals surface area contributed by atoms with Crippen LogP contribution in [-0.4, -0.2) is 59.3 Å². The average Bonchev–Trinajstić information content (AvgIpc) is 2.65. The third kappa shape index (κ3) is 3.47. The van der Waals surface area contributed by atoms with E-state index in [0.29, 0.717) is 31.0 Å². The third-order valence-electron chi connectivity index (χ3n) is 3.19. The number of amides is 2. The number of H-pyrrole nitrogens is 1. The van der Waals surface area contributed by atoms with Gasteiger partial charge in [0.2, 0.25) is 5.91 Å². The van der Waals surface area contributed by atoms with Gasteiger partial charge in [-0.3, -0.25) is 14.5 Å². The standard InChI is InChI=1S/C12H19N5O2/c13-9-6-10(15-7-9)12(19)17-3-1-2-16(4-5-17)8-11(14)18/h6-7,15H,1-5,8,13H2,(H2,14,18). The molecule has 19 heavy (non-hydrogen) atoms. The molecule has 7 heteroatoms. The fourth-order valence-electron chi connectivity index (χ4n) is 2.26. The van der Waals surface area contributed by atoms with Gasteiger partial charge in [0.25, 0.3) is 5.91 Å². The van der Waals surface area contributed by atoms with E-state index in [-0.39, 0.29) is 18.4 Å². The Labute approximate surface area is 111 Å². The maximum absolute atomic E-state index is 12.2. The zero-order valence-electron chi connectivity index (χ0n) is 10.8. The number of carbonyl (C=O) groups is 2. The lowest BCUT2D eigenvalue weighted by molar-refractivity contribution is -0.119. The molecule has 1 aliphatic rings. The number of aromatic amines is 1. The van der Waals surface area contributed by atoms with Gasteiger partial charge in [-0.05, 0) is 12.5 Å². The van der Waals surface area contributed by atoms with Crippen molar-refractivity contribution >= 4 is 17.5 Å². The van der Waals surface area contributed by atoms with Crippen LogP contribution >= 0.6 is 0 Å². The molecule has 2 heterocycles. The van der Waals surface area contributed by atoms with E-state index in [9.17, 15) is 9.59 Å². The maximum atomic E-state index is 12.2. The van der Waals surface area contributed by atoms with Crippen LogP contribution in [0.25, 0.3) is 0 Å². The van der Waals surface area contributed by atoms with E-state index in [2.05, 4.69) is 4.98 Å². The van der Waals surface area contributed by atoms with Crippen molar-refractivity contribution in [3.8, 4) is 0 Å². The fraction of sp³-hybridized carbons (Fsp3) is 0.500. The number of hydrogen-bond acceptors (Lipinski definition) is 4. The van der Waals surface area contributed by atoms with Crippen LogP contribution in [0.3, 0.4) is 0 Å². The van der Waals surface area contributed by atoms with E-state index in [1.165, 1.54) is 0 Å². The molecule has 7 nitrogen and oxygen atoms in total. The van der Waals surface area contributed by atoms with Crippen molar-refractivity contribution in [2.24, 2.45) is 5.73 Å². The molecule has 0 aromatic carbocycles. The van der Waals surface area contributed by atoms with Crippen LogP contribution in [0.4, 0.5) is 5.69 Å². The van der Waals surface area contributed by atoms with Gasteiger partial charge in [-0.1, -0.05) is 0 Å². The average molecular weight is 265 g/mol. The van der Waals surface area contributed by atoms with Gasteiger partial charge in [0.15, 0.2) is 0 Å². The molecule has 1 fully saturated rings. The quantitative estimate of drug-likeness (QED) is 0.666. The Kier molecular flexibility index (Phi) is 4.06. The summed E-state index contributed by atoms with van der Waals surface area (Å²) in [5.74, 6) is -0.394. The number of carbonyl (C=O) groups excluding carboxylic acids is 2. The number of nitrogens with zero attached hydrogens (tertiary/aromatic N) is 2.